The monoisotopic (exact) mass is 256 g/mol. The van der Waals surface area contributed by atoms with Gasteiger partial charge in [-0.3, -0.25) is 9.59 Å². The van der Waals surface area contributed by atoms with E-state index in [1.165, 1.54) is 0 Å². The Hall–Kier alpha value is -1.10. The number of nitrogens with one attached hydrogen (secondary N) is 1. The van der Waals surface area contributed by atoms with Gasteiger partial charge in [-0.25, -0.2) is 0 Å². The summed E-state index contributed by atoms with van der Waals surface area (Å²) in [5, 5.41) is 11.9. The first-order valence-corrected chi connectivity index (χ1v) is 6.65. The molecule has 18 heavy (non-hydrogen) atoms. The molecule has 5 heteroatoms. The molecule has 0 aliphatic heterocycles. The Bertz CT molecular complexity index is 307. The molecule has 0 atom stereocenters. The molecule has 0 bridgehead atoms. The van der Waals surface area contributed by atoms with Crippen LogP contribution in [0.25, 0.3) is 0 Å². The van der Waals surface area contributed by atoms with Crippen LogP contribution in [0.2, 0.25) is 0 Å². The van der Waals surface area contributed by atoms with Crippen molar-refractivity contribution in [1.29, 1.82) is 0 Å². The van der Waals surface area contributed by atoms with E-state index < -0.39 is 11.5 Å². The Morgan fingerprint density at radius 2 is 1.94 bits per heavy atom. The lowest BCUT2D eigenvalue weighted by Crippen LogP contribution is -2.51. The van der Waals surface area contributed by atoms with Crippen molar-refractivity contribution in [2.45, 2.75) is 51.5 Å². The fourth-order valence-electron chi connectivity index (χ4n) is 2.24. The number of nitrogens with two attached hydrogens (primary N) is 1. The summed E-state index contributed by atoms with van der Waals surface area (Å²) in [6.45, 7) is 4.92. The third-order valence-electron chi connectivity index (χ3n) is 3.70. The van der Waals surface area contributed by atoms with Gasteiger partial charge in [0.15, 0.2) is 0 Å². The molecule has 4 N–H and O–H groups in total. The van der Waals surface area contributed by atoms with Crippen LogP contribution in [-0.2, 0) is 9.59 Å². The summed E-state index contributed by atoms with van der Waals surface area (Å²) in [5.74, 6) is -0.419. The lowest BCUT2D eigenvalue weighted by Gasteiger charge is -2.33. The zero-order valence-electron chi connectivity index (χ0n) is 11.2. The van der Waals surface area contributed by atoms with Crippen LogP contribution in [0.4, 0.5) is 0 Å². The predicted molar refractivity (Wildman–Crippen MR) is 69.0 cm³/mol. The molecule has 1 amide bonds. The SMILES string of the molecule is CC(C)CCNC(=O)C1CCC(N)(C(=O)O)CC1. The van der Waals surface area contributed by atoms with Gasteiger partial charge in [-0.2, -0.15) is 0 Å². The average molecular weight is 256 g/mol. The Kier molecular flexibility index (Phi) is 5.14. The summed E-state index contributed by atoms with van der Waals surface area (Å²) in [4.78, 5) is 22.8. The Labute approximate surface area is 108 Å². The molecule has 0 radical (unpaired) electrons. The lowest BCUT2D eigenvalue weighted by atomic mass is 9.77. The first kappa shape index (κ1) is 15.0. The van der Waals surface area contributed by atoms with Gasteiger partial charge < -0.3 is 16.2 Å². The molecule has 1 aliphatic carbocycles. The maximum Gasteiger partial charge on any atom is 0.323 e. The van der Waals surface area contributed by atoms with Gasteiger partial charge in [-0.15, -0.1) is 0 Å². The maximum atomic E-state index is 11.9. The lowest BCUT2D eigenvalue weighted by molar-refractivity contribution is -0.146. The van der Waals surface area contributed by atoms with Crippen molar-refractivity contribution >= 4 is 11.9 Å². The van der Waals surface area contributed by atoms with Gasteiger partial charge in [-0.1, -0.05) is 13.8 Å². The van der Waals surface area contributed by atoms with Crippen LogP contribution in [0.15, 0.2) is 0 Å². The number of rotatable bonds is 5. The second kappa shape index (κ2) is 6.18. The van der Waals surface area contributed by atoms with Gasteiger partial charge in [0.05, 0.1) is 0 Å². The van der Waals surface area contributed by atoms with Crippen LogP contribution in [0.1, 0.15) is 46.0 Å². The maximum absolute atomic E-state index is 11.9. The minimum absolute atomic E-state index is 0.0445. The van der Waals surface area contributed by atoms with Crippen molar-refractivity contribution in [2.24, 2.45) is 17.6 Å². The van der Waals surface area contributed by atoms with E-state index in [-0.39, 0.29) is 11.8 Å². The summed E-state index contributed by atoms with van der Waals surface area (Å²) in [6, 6.07) is 0. The van der Waals surface area contributed by atoms with E-state index in [1.807, 2.05) is 0 Å². The fraction of sp³-hybridized carbons (Fsp3) is 0.846. The summed E-state index contributed by atoms with van der Waals surface area (Å²) in [5.41, 5.74) is 4.64. The molecule has 0 unspecified atom stereocenters. The summed E-state index contributed by atoms with van der Waals surface area (Å²) in [6.07, 6.45) is 2.86. The number of amides is 1. The van der Waals surface area contributed by atoms with Crippen LogP contribution < -0.4 is 11.1 Å². The Morgan fingerprint density at radius 1 is 1.39 bits per heavy atom. The van der Waals surface area contributed by atoms with Crippen LogP contribution in [0, 0.1) is 11.8 Å². The Balaban J connectivity index is 2.34. The third kappa shape index (κ3) is 3.98. The van der Waals surface area contributed by atoms with Gasteiger partial charge in [0, 0.05) is 12.5 Å². The molecule has 0 aromatic heterocycles. The molecule has 1 rings (SSSR count). The van der Waals surface area contributed by atoms with Gasteiger partial charge in [0.2, 0.25) is 5.91 Å². The highest BCUT2D eigenvalue weighted by Crippen LogP contribution is 2.30. The van der Waals surface area contributed by atoms with E-state index in [0.717, 1.165) is 6.42 Å². The van der Waals surface area contributed by atoms with E-state index >= 15 is 0 Å². The van der Waals surface area contributed by atoms with Gasteiger partial charge in [0.1, 0.15) is 5.54 Å². The van der Waals surface area contributed by atoms with Crippen LogP contribution >= 0.6 is 0 Å². The topological polar surface area (TPSA) is 92.4 Å². The van der Waals surface area contributed by atoms with Crippen molar-refractivity contribution in [3.63, 3.8) is 0 Å². The smallest absolute Gasteiger partial charge is 0.323 e. The summed E-state index contributed by atoms with van der Waals surface area (Å²) >= 11 is 0. The average Bonchev–Trinajstić information content (AvgIpc) is 2.29. The molecule has 0 aromatic carbocycles. The molecule has 0 saturated heterocycles. The zero-order valence-corrected chi connectivity index (χ0v) is 11.2. The molecule has 0 heterocycles. The van der Waals surface area contributed by atoms with E-state index in [9.17, 15) is 9.59 Å². The third-order valence-corrected chi connectivity index (χ3v) is 3.70. The van der Waals surface area contributed by atoms with E-state index in [0.29, 0.717) is 38.1 Å². The molecule has 1 fully saturated rings. The minimum atomic E-state index is -1.13. The van der Waals surface area contributed by atoms with Crippen molar-refractivity contribution in [2.75, 3.05) is 6.54 Å². The van der Waals surface area contributed by atoms with E-state index in [1.54, 1.807) is 0 Å². The van der Waals surface area contributed by atoms with Gasteiger partial charge in [-0.05, 0) is 38.0 Å². The van der Waals surface area contributed by atoms with E-state index in [2.05, 4.69) is 19.2 Å². The number of hydrogen-bond donors (Lipinski definition) is 3. The quantitative estimate of drug-likeness (QED) is 0.687. The largest absolute Gasteiger partial charge is 0.480 e. The van der Waals surface area contributed by atoms with Crippen molar-refractivity contribution in [3.05, 3.63) is 0 Å². The molecular formula is C13H24N2O3. The van der Waals surface area contributed by atoms with Crippen LogP contribution in [-0.4, -0.2) is 29.1 Å². The second-order valence-electron chi connectivity index (χ2n) is 5.71. The highest BCUT2D eigenvalue weighted by Gasteiger charge is 2.39. The number of carbonyl (C=O) groups is 2. The molecule has 104 valence electrons. The summed E-state index contributed by atoms with van der Waals surface area (Å²) in [7, 11) is 0. The normalized spacial score (nSPS) is 28.1. The minimum Gasteiger partial charge on any atom is -0.480 e. The fourth-order valence-corrected chi connectivity index (χ4v) is 2.24. The van der Waals surface area contributed by atoms with Crippen LogP contribution in [0.3, 0.4) is 0 Å². The number of carboxylic acids is 1. The number of carboxylic acid groups (broad SMARTS) is 1. The van der Waals surface area contributed by atoms with Crippen LogP contribution in [0.5, 0.6) is 0 Å². The standard InChI is InChI=1S/C13H24N2O3/c1-9(2)5-8-15-11(16)10-3-6-13(14,7-4-10)12(17)18/h9-10H,3-8,14H2,1-2H3,(H,15,16)(H,17,18). The van der Waals surface area contributed by atoms with Crippen molar-refractivity contribution in [3.8, 4) is 0 Å². The summed E-state index contributed by atoms with van der Waals surface area (Å²) < 4.78 is 0. The van der Waals surface area contributed by atoms with E-state index in [4.69, 9.17) is 10.8 Å². The second-order valence-corrected chi connectivity index (χ2v) is 5.71. The zero-order chi connectivity index (χ0) is 13.8. The van der Waals surface area contributed by atoms with Crippen molar-refractivity contribution < 1.29 is 14.7 Å². The first-order chi connectivity index (χ1) is 8.35. The number of hydrogen-bond acceptors (Lipinski definition) is 3. The first-order valence-electron chi connectivity index (χ1n) is 6.65. The number of aliphatic carboxylic acids is 1. The molecule has 0 aromatic rings. The highest BCUT2D eigenvalue weighted by atomic mass is 16.4. The number of carbonyl (C=O) groups excluding carboxylic acids is 1. The molecule has 5 nitrogen and oxygen atoms in total. The molecule has 1 aliphatic rings. The molecule has 1 saturated carbocycles. The van der Waals surface area contributed by atoms with Crippen molar-refractivity contribution in [1.82, 2.24) is 5.32 Å². The Morgan fingerprint density at radius 3 is 2.39 bits per heavy atom. The predicted octanol–water partition coefficient (Wildman–Crippen LogP) is 1.12. The molecule has 0 spiro atoms. The van der Waals surface area contributed by atoms with Gasteiger partial charge in [0.25, 0.3) is 0 Å². The molecular weight excluding hydrogens is 232 g/mol. The van der Waals surface area contributed by atoms with Gasteiger partial charge >= 0.3 is 5.97 Å². The highest BCUT2D eigenvalue weighted by molar-refractivity contribution is 5.81.